The van der Waals surface area contributed by atoms with E-state index in [0.29, 0.717) is 17.8 Å². The number of benzene rings is 2. The minimum atomic E-state index is -0.308. The molecule has 0 aromatic heterocycles. The molecule has 0 amide bonds. The molecule has 0 bridgehead atoms. The van der Waals surface area contributed by atoms with Gasteiger partial charge in [-0.2, -0.15) is 0 Å². The molecule has 0 radical (unpaired) electrons. The molecule has 2 N–H and O–H groups in total. The number of halogens is 1. The van der Waals surface area contributed by atoms with Gasteiger partial charge in [-0.15, -0.1) is 4.91 Å². The van der Waals surface area contributed by atoms with Gasteiger partial charge in [0, 0.05) is 19.2 Å². The highest BCUT2D eigenvalue weighted by Gasteiger charge is 2.14. The molecule has 0 spiro atoms. The fourth-order valence-corrected chi connectivity index (χ4v) is 2.17. The predicted octanol–water partition coefficient (Wildman–Crippen LogP) is 3.64. The van der Waals surface area contributed by atoms with Crippen molar-refractivity contribution >= 4 is 22.8 Å². The van der Waals surface area contributed by atoms with Gasteiger partial charge in [0.15, 0.2) is 5.78 Å². The van der Waals surface area contributed by atoms with Gasteiger partial charge in [-0.3, -0.25) is 4.79 Å². The summed E-state index contributed by atoms with van der Waals surface area (Å²) in [5.41, 5.74) is 7.96. The molecule has 2 aromatic carbocycles. The summed E-state index contributed by atoms with van der Waals surface area (Å²) in [4.78, 5) is 24.2. The lowest BCUT2D eigenvalue weighted by atomic mass is 10.1. The number of nitrogens with two attached hydrogens (primary N) is 1. The lowest BCUT2D eigenvalue weighted by Gasteiger charge is -2.22. The summed E-state index contributed by atoms with van der Waals surface area (Å²) < 4.78 is 12.9. The molecule has 0 fully saturated rings. The van der Waals surface area contributed by atoms with Gasteiger partial charge < -0.3 is 10.6 Å². The van der Waals surface area contributed by atoms with Crippen LogP contribution in [0.25, 0.3) is 0 Å². The second kappa shape index (κ2) is 6.34. The molecular weight excluding hydrogens is 285 g/mol. The number of nitroso groups, excluding NO2 is 1. The first kappa shape index (κ1) is 15.6. The Bertz CT molecular complexity index is 714. The number of carbonyl (C=O) groups is 1. The Kier molecular flexibility index (Phi) is 4.50. The maximum Gasteiger partial charge on any atom is 0.159 e. The highest BCUT2D eigenvalue weighted by atomic mass is 19.1. The maximum absolute atomic E-state index is 12.9. The molecule has 6 heteroatoms. The smallest absolute Gasteiger partial charge is 0.159 e. The molecular formula is C16H16FN3O2. The Morgan fingerprint density at radius 2 is 1.91 bits per heavy atom. The minimum absolute atomic E-state index is 0.0358. The summed E-state index contributed by atoms with van der Waals surface area (Å²) in [5.74, 6) is -0.488. The van der Waals surface area contributed by atoms with Crippen molar-refractivity contribution in [1.82, 2.24) is 0 Å². The highest BCUT2D eigenvalue weighted by molar-refractivity contribution is 5.98. The summed E-state index contributed by atoms with van der Waals surface area (Å²) in [7, 11) is 1.77. The van der Waals surface area contributed by atoms with E-state index in [4.69, 9.17) is 5.73 Å². The normalized spacial score (nSPS) is 10.3. The van der Waals surface area contributed by atoms with E-state index in [1.54, 1.807) is 30.1 Å². The summed E-state index contributed by atoms with van der Waals surface area (Å²) in [6.45, 7) is 1.86. The van der Waals surface area contributed by atoms with E-state index in [2.05, 4.69) is 5.18 Å². The molecule has 114 valence electrons. The highest BCUT2D eigenvalue weighted by Crippen LogP contribution is 2.34. The molecule has 0 saturated heterocycles. The maximum atomic E-state index is 12.9. The van der Waals surface area contributed by atoms with Crippen molar-refractivity contribution in [3.05, 3.63) is 58.2 Å². The Balaban J connectivity index is 2.37. The van der Waals surface area contributed by atoms with Gasteiger partial charge in [-0.25, -0.2) is 4.39 Å². The average molecular weight is 301 g/mol. The zero-order chi connectivity index (χ0) is 16.3. The number of hydrogen-bond donors (Lipinski definition) is 1. The van der Waals surface area contributed by atoms with Crippen molar-refractivity contribution < 1.29 is 9.18 Å². The van der Waals surface area contributed by atoms with Gasteiger partial charge in [0.25, 0.3) is 0 Å². The number of Topliss-reactive ketones (excluding diaryl/α,β-unsaturated/α-hetero) is 1. The number of nitrogen functional groups attached to an aromatic ring is 1. The zero-order valence-electron chi connectivity index (χ0n) is 12.3. The van der Waals surface area contributed by atoms with Crippen molar-refractivity contribution in [1.29, 1.82) is 0 Å². The zero-order valence-corrected chi connectivity index (χ0v) is 12.3. The number of ketones is 1. The molecule has 5 nitrogen and oxygen atoms in total. The lowest BCUT2D eigenvalue weighted by Crippen LogP contribution is -2.18. The Morgan fingerprint density at radius 1 is 1.27 bits per heavy atom. The minimum Gasteiger partial charge on any atom is -0.395 e. The van der Waals surface area contributed by atoms with Crippen LogP contribution in [0, 0.1) is 10.7 Å². The first-order valence-corrected chi connectivity index (χ1v) is 6.65. The van der Waals surface area contributed by atoms with Crippen LogP contribution in [0.4, 0.5) is 21.5 Å². The van der Waals surface area contributed by atoms with E-state index < -0.39 is 0 Å². The van der Waals surface area contributed by atoms with Crippen LogP contribution in [0.2, 0.25) is 0 Å². The number of nitrogens with zero attached hydrogens (tertiary/aromatic N) is 2. The quantitative estimate of drug-likeness (QED) is 0.519. The fourth-order valence-electron chi connectivity index (χ4n) is 2.17. The van der Waals surface area contributed by atoms with E-state index in [-0.39, 0.29) is 23.0 Å². The Labute approximate surface area is 127 Å². The van der Waals surface area contributed by atoms with Gasteiger partial charge in [0.2, 0.25) is 0 Å². The van der Waals surface area contributed by atoms with Crippen LogP contribution >= 0.6 is 0 Å². The van der Waals surface area contributed by atoms with E-state index in [1.165, 1.54) is 25.1 Å². The molecule has 0 aliphatic heterocycles. The second-order valence-corrected chi connectivity index (χ2v) is 5.06. The molecule has 2 aromatic rings. The largest absolute Gasteiger partial charge is 0.395 e. The Hall–Kier alpha value is -2.76. The summed E-state index contributed by atoms with van der Waals surface area (Å²) in [5, 5.41) is 2.87. The molecule has 2 rings (SSSR count). The number of rotatable bonds is 5. The summed E-state index contributed by atoms with van der Waals surface area (Å²) in [6.07, 6.45) is 0. The van der Waals surface area contributed by atoms with E-state index in [1.807, 2.05) is 0 Å². The fraction of sp³-hybridized carbons (Fsp3) is 0.188. The van der Waals surface area contributed by atoms with Crippen molar-refractivity contribution in [2.24, 2.45) is 5.18 Å². The van der Waals surface area contributed by atoms with E-state index in [0.717, 1.165) is 5.56 Å². The standard InChI is InChI=1S/C16H16FN3O2/c1-10(21)12-7-14(19-22)16(18)15(8-12)20(2)9-11-3-5-13(17)6-4-11/h3-8H,9,18H2,1-2H3. The van der Waals surface area contributed by atoms with Crippen molar-refractivity contribution in [3.8, 4) is 0 Å². The molecule has 0 aliphatic rings. The van der Waals surface area contributed by atoms with Crippen LogP contribution in [0.15, 0.2) is 41.6 Å². The first-order valence-electron chi connectivity index (χ1n) is 6.65. The van der Waals surface area contributed by atoms with Gasteiger partial charge in [-0.1, -0.05) is 12.1 Å². The second-order valence-electron chi connectivity index (χ2n) is 5.06. The van der Waals surface area contributed by atoms with Crippen LogP contribution in [0.5, 0.6) is 0 Å². The third kappa shape index (κ3) is 3.28. The van der Waals surface area contributed by atoms with Crippen LogP contribution in [0.3, 0.4) is 0 Å². The predicted molar refractivity (Wildman–Crippen MR) is 84.8 cm³/mol. The monoisotopic (exact) mass is 301 g/mol. The lowest BCUT2D eigenvalue weighted by molar-refractivity contribution is 0.101. The van der Waals surface area contributed by atoms with E-state index in [9.17, 15) is 14.1 Å². The van der Waals surface area contributed by atoms with Crippen LogP contribution in [-0.2, 0) is 6.54 Å². The van der Waals surface area contributed by atoms with Crippen LogP contribution in [0.1, 0.15) is 22.8 Å². The first-order chi connectivity index (χ1) is 10.4. The third-order valence-corrected chi connectivity index (χ3v) is 3.39. The summed E-state index contributed by atoms with van der Waals surface area (Å²) in [6, 6.07) is 9.06. The molecule has 22 heavy (non-hydrogen) atoms. The van der Waals surface area contributed by atoms with Crippen molar-refractivity contribution in [2.75, 3.05) is 17.7 Å². The number of hydrogen-bond acceptors (Lipinski definition) is 5. The average Bonchev–Trinajstić information content (AvgIpc) is 2.49. The van der Waals surface area contributed by atoms with Gasteiger partial charge in [-0.05, 0) is 41.9 Å². The molecule has 0 heterocycles. The van der Waals surface area contributed by atoms with Crippen molar-refractivity contribution in [2.45, 2.75) is 13.5 Å². The SMILES string of the molecule is CC(=O)c1cc(N=O)c(N)c(N(C)Cc2ccc(F)cc2)c1. The Morgan fingerprint density at radius 3 is 2.45 bits per heavy atom. The molecule has 0 saturated carbocycles. The molecule has 0 unspecified atom stereocenters. The molecule has 0 aliphatic carbocycles. The van der Waals surface area contributed by atoms with Crippen molar-refractivity contribution in [3.63, 3.8) is 0 Å². The third-order valence-electron chi connectivity index (χ3n) is 3.39. The topological polar surface area (TPSA) is 75.8 Å². The number of anilines is 2. The van der Waals surface area contributed by atoms with Crippen LogP contribution < -0.4 is 10.6 Å². The van der Waals surface area contributed by atoms with Gasteiger partial charge >= 0.3 is 0 Å². The van der Waals surface area contributed by atoms with E-state index >= 15 is 0 Å². The number of carbonyl (C=O) groups excluding carboxylic acids is 1. The summed E-state index contributed by atoms with van der Waals surface area (Å²) >= 11 is 0. The molecule has 0 atom stereocenters. The van der Waals surface area contributed by atoms with Gasteiger partial charge in [0.1, 0.15) is 11.5 Å². The van der Waals surface area contributed by atoms with Gasteiger partial charge in [0.05, 0.1) is 11.4 Å². The van der Waals surface area contributed by atoms with Crippen LogP contribution in [-0.4, -0.2) is 12.8 Å².